The third-order valence-corrected chi connectivity index (χ3v) is 7.82. The van der Waals surface area contributed by atoms with Gasteiger partial charge in [0, 0.05) is 13.5 Å². The summed E-state index contributed by atoms with van der Waals surface area (Å²) < 4.78 is 25.2. The molecule has 2 unspecified atom stereocenters. The first-order chi connectivity index (χ1) is 10.0. The molecule has 10 heteroatoms. The molecule has 4 fully saturated rings. The van der Waals surface area contributed by atoms with Gasteiger partial charge in [0.05, 0.1) is 24.1 Å². The van der Waals surface area contributed by atoms with Crippen molar-refractivity contribution in [2.45, 2.75) is 4.90 Å². The molecule has 1 aromatic rings. The van der Waals surface area contributed by atoms with Crippen LogP contribution < -0.4 is 0 Å². The Balaban J connectivity index is 0.000000129. The minimum absolute atomic E-state index is 0. The Morgan fingerprint density at radius 2 is 1.68 bits per heavy atom. The van der Waals surface area contributed by atoms with Crippen LogP contribution in [0.3, 0.4) is 0 Å². The van der Waals surface area contributed by atoms with E-state index in [0.717, 1.165) is 0 Å². The van der Waals surface area contributed by atoms with Crippen molar-refractivity contribution in [2.24, 2.45) is 0 Å². The van der Waals surface area contributed by atoms with Gasteiger partial charge < -0.3 is 9.52 Å². The van der Waals surface area contributed by atoms with Crippen LogP contribution in [0.4, 0.5) is 0 Å². The Hall–Kier alpha value is -0.310. The summed E-state index contributed by atoms with van der Waals surface area (Å²) >= 11 is 0. The second kappa shape index (κ2) is 5.96. The van der Waals surface area contributed by atoms with E-state index in [1.807, 2.05) is 0 Å². The van der Waals surface area contributed by atoms with Crippen molar-refractivity contribution >= 4 is 23.9 Å². The largest absolute Gasteiger partial charge is 1.00 e. The Labute approximate surface area is 145 Å². The van der Waals surface area contributed by atoms with Gasteiger partial charge >= 0.3 is 22.4 Å². The zero-order valence-corrected chi connectivity index (χ0v) is 15.6. The van der Waals surface area contributed by atoms with E-state index in [2.05, 4.69) is 19.6 Å². The van der Waals surface area contributed by atoms with E-state index in [1.165, 1.54) is 44.3 Å². The van der Waals surface area contributed by atoms with Gasteiger partial charge in [0.2, 0.25) is 0 Å². The maximum Gasteiger partial charge on any atom is 1.00 e. The van der Waals surface area contributed by atoms with Crippen LogP contribution in [0, 0.1) is 0 Å². The summed E-state index contributed by atoms with van der Waals surface area (Å²) in [4.78, 5) is 13.5. The molecule has 0 N–H and O–H groups in total. The molecular formula is C12H15AuN4O3PS+. The van der Waals surface area contributed by atoms with Gasteiger partial charge in [0.1, 0.15) is 28.9 Å². The summed E-state index contributed by atoms with van der Waals surface area (Å²) in [6.07, 6.45) is 4.32. The Kier molecular flexibility index (Phi) is 4.48. The third kappa shape index (κ3) is 2.79. The van der Waals surface area contributed by atoms with E-state index in [0.29, 0.717) is 0 Å². The van der Waals surface area contributed by atoms with Crippen LogP contribution in [0.5, 0.6) is 0 Å². The van der Waals surface area contributed by atoms with E-state index in [-0.39, 0.29) is 40.8 Å². The second-order valence-corrected chi connectivity index (χ2v) is 9.58. The van der Waals surface area contributed by atoms with Gasteiger partial charge in [0.15, 0.2) is 0 Å². The maximum absolute atomic E-state index is 11.1. The fourth-order valence-electron chi connectivity index (χ4n) is 3.14. The summed E-state index contributed by atoms with van der Waals surface area (Å²) in [6.45, 7) is 2.46. The molecule has 0 spiro atoms. The third-order valence-electron chi connectivity index (χ3n) is 3.98. The quantitative estimate of drug-likeness (QED) is 0.370. The van der Waals surface area contributed by atoms with Crippen LogP contribution in [-0.2, 0) is 32.4 Å². The molecule has 5 aliphatic rings. The van der Waals surface area contributed by atoms with E-state index >= 15 is 0 Å². The van der Waals surface area contributed by atoms with Gasteiger partial charge in [-0.25, -0.2) is 13.3 Å². The molecule has 1 amide bonds. The van der Waals surface area contributed by atoms with Crippen molar-refractivity contribution in [1.29, 1.82) is 0 Å². The smallest absolute Gasteiger partial charge is 0.537 e. The molecule has 122 valence electrons. The first kappa shape index (κ1) is 16.5. The van der Waals surface area contributed by atoms with Crippen molar-refractivity contribution in [2.75, 3.05) is 32.2 Å². The number of benzene rings is 1. The molecule has 1 aromatic carbocycles. The van der Waals surface area contributed by atoms with Gasteiger partial charge in [-0.1, -0.05) is 18.2 Å². The number of nitrogens with zero attached hydrogens (tertiary/aromatic N) is 4. The van der Waals surface area contributed by atoms with Crippen LogP contribution in [-0.4, -0.2) is 61.4 Å². The van der Waals surface area contributed by atoms with Crippen molar-refractivity contribution in [3.05, 3.63) is 34.6 Å². The minimum atomic E-state index is -3.68. The van der Waals surface area contributed by atoms with E-state index in [9.17, 15) is 13.2 Å². The number of fused-ring (bicyclic) bond motifs is 1. The normalized spacial score (nSPS) is 35.2. The number of hydrazine groups is 1. The van der Waals surface area contributed by atoms with Crippen molar-refractivity contribution in [3.63, 3.8) is 0 Å². The summed E-state index contributed by atoms with van der Waals surface area (Å²) in [5, 5.41) is 5.02. The van der Waals surface area contributed by atoms with Gasteiger partial charge in [-0.3, -0.25) is 0 Å². The molecule has 5 aliphatic heterocycles. The molecule has 0 radical (unpaired) electrons. The number of rotatable bonds is 0. The van der Waals surface area contributed by atoms with Crippen LogP contribution in [0.25, 0.3) is 4.72 Å². The summed E-state index contributed by atoms with van der Waals surface area (Å²) in [6, 6.07) is 5.99. The fourth-order valence-corrected chi connectivity index (χ4v) is 7.01. The van der Waals surface area contributed by atoms with Gasteiger partial charge in [-0.05, 0) is 6.07 Å². The van der Waals surface area contributed by atoms with Gasteiger partial charge in [-0.15, -0.1) is 0 Å². The van der Waals surface area contributed by atoms with Crippen LogP contribution >= 0.6 is 7.92 Å². The van der Waals surface area contributed by atoms with Gasteiger partial charge in [0.25, 0.3) is 0 Å². The SMILES string of the molecule is C1N2CN3C[PH+](C2)CN13.O=C1[N-]S(=O)(=O)c2ccccc21.[Au+]. The molecule has 7 nitrogen and oxygen atoms in total. The van der Waals surface area contributed by atoms with Crippen molar-refractivity contribution in [1.82, 2.24) is 14.9 Å². The summed E-state index contributed by atoms with van der Waals surface area (Å²) in [5.41, 5.74) is 0.164. The Bertz CT molecular complexity index is 683. The Morgan fingerprint density at radius 1 is 1.05 bits per heavy atom. The molecule has 4 bridgehead atoms. The first-order valence-electron chi connectivity index (χ1n) is 6.70. The summed E-state index contributed by atoms with van der Waals surface area (Å²) in [5.74, 6) is -0.675. The molecule has 5 heterocycles. The summed E-state index contributed by atoms with van der Waals surface area (Å²) in [7, 11) is -3.61. The number of sulfonamides is 1. The number of hydrogen-bond donors (Lipinski definition) is 0. The average molecular weight is 523 g/mol. The van der Waals surface area contributed by atoms with E-state index < -0.39 is 15.9 Å². The number of amides is 1. The maximum atomic E-state index is 11.1. The molecule has 0 aliphatic carbocycles. The average Bonchev–Trinajstić information content (AvgIpc) is 2.97. The topological polar surface area (TPSA) is 75.0 Å². The van der Waals surface area contributed by atoms with E-state index in [1.54, 1.807) is 12.1 Å². The van der Waals surface area contributed by atoms with Crippen LogP contribution in [0.1, 0.15) is 10.4 Å². The molecular weight excluding hydrogens is 508 g/mol. The van der Waals surface area contributed by atoms with Crippen molar-refractivity contribution in [3.8, 4) is 0 Å². The molecule has 0 aromatic heterocycles. The predicted molar refractivity (Wildman–Crippen MR) is 79.5 cm³/mol. The van der Waals surface area contributed by atoms with Crippen molar-refractivity contribution < 1.29 is 35.6 Å². The molecule has 6 rings (SSSR count). The second-order valence-electron chi connectivity index (χ2n) is 5.56. The van der Waals surface area contributed by atoms with E-state index in [4.69, 9.17) is 0 Å². The monoisotopic (exact) mass is 523 g/mol. The van der Waals surface area contributed by atoms with Crippen LogP contribution in [0.15, 0.2) is 29.2 Å². The first-order valence-corrected chi connectivity index (χ1v) is 10.3. The van der Waals surface area contributed by atoms with Gasteiger partial charge in [-0.2, -0.15) is 10.0 Å². The number of carbonyl (C=O) groups is 1. The predicted octanol–water partition coefficient (Wildman–Crippen LogP) is 0.750. The molecule has 0 saturated carbocycles. The fraction of sp³-hybridized carbons (Fsp3) is 0.417. The number of carbonyl (C=O) groups excluding carboxylic acids is 1. The zero-order chi connectivity index (χ0) is 14.6. The zero-order valence-electron chi connectivity index (χ0n) is 11.6. The Morgan fingerprint density at radius 3 is 2.23 bits per heavy atom. The molecule has 22 heavy (non-hydrogen) atoms. The number of hydrogen-bond acceptors (Lipinski definition) is 6. The molecule has 4 saturated heterocycles. The van der Waals surface area contributed by atoms with Crippen LogP contribution in [0.2, 0.25) is 0 Å². The molecule has 2 atom stereocenters. The standard InChI is InChI=1S/C7H5NO3S.C5H10N3P.Au/c9-7-5-3-1-2-4-6(5)12(10,11)8-7;1-6-2-8-5-9(3-6)4-7(1)8;/h1-4H,(H,8,9);1-5H2;/q;;+1. The minimum Gasteiger partial charge on any atom is -0.537 e.